The van der Waals surface area contributed by atoms with Crippen LogP contribution in [0.2, 0.25) is 0 Å². The first-order valence-corrected chi connectivity index (χ1v) is 5.74. The Bertz CT molecular complexity index is 534. The molecule has 2 aromatic rings. The molecule has 0 saturated heterocycles. The zero-order valence-corrected chi connectivity index (χ0v) is 10.5. The van der Waals surface area contributed by atoms with Gasteiger partial charge in [0.15, 0.2) is 0 Å². The van der Waals surface area contributed by atoms with Crippen LogP contribution >= 0.6 is 0 Å². The lowest BCUT2D eigenvalue weighted by Gasteiger charge is -2.27. The molecule has 94 valence electrons. The van der Waals surface area contributed by atoms with E-state index < -0.39 is 5.54 Å². The summed E-state index contributed by atoms with van der Waals surface area (Å²) < 4.78 is 18.3. The standard InChI is InChI=1S/C15H16FNO/c1-15(17,11-7-9-12(16)10-8-11)13-5-3-4-6-14(13)18-2/h3-10H,17H2,1-2H3. The van der Waals surface area contributed by atoms with Crippen LogP contribution in [-0.2, 0) is 5.54 Å². The second-order valence-corrected chi connectivity index (χ2v) is 4.41. The molecule has 3 heteroatoms. The molecule has 0 bridgehead atoms. The van der Waals surface area contributed by atoms with Crippen LogP contribution in [0.5, 0.6) is 5.75 Å². The molecule has 0 aliphatic carbocycles. The van der Waals surface area contributed by atoms with Gasteiger partial charge in [0.2, 0.25) is 0 Å². The van der Waals surface area contributed by atoms with Gasteiger partial charge in [0.25, 0.3) is 0 Å². The molecule has 2 rings (SSSR count). The first-order valence-electron chi connectivity index (χ1n) is 5.74. The highest BCUT2D eigenvalue weighted by molar-refractivity contribution is 5.45. The first kappa shape index (κ1) is 12.6. The zero-order valence-electron chi connectivity index (χ0n) is 10.5. The van der Waals surface area contributed by atoms with Crippen molar-refractivity contribution in [3.63, 3.8) is 0 Å². The van der Waals surface area contributed by atoms with Crippen LogP contribution in [0, 0.1) is 5.82 Å². The Balaban J connectivity index is 2.50. The first-order chi connectivity index (χ1) is 8.55. The number of hydrogen-bond donors (Lipinski definition) is 1. The number of methoxy groups -OCH3 is 1. The van der Waals surface area contributed by atoms with E-state index in [0.717, 1.165) is 16.9 Å². The maximum Gasteiger partial charge on any atom is 0.124 e. The van der Waals surface area contributed by atoms with Gasteiger partial charge in [-0.25, -0.2) is 4.39 Å². The van der Waals surface area contributed by atoms with Crippen molar-refractivity contribution in [2.75, 3.05) is 7.11 Å². The molecule has 18 heavy (non-hydrogen) atoms. The van der Waals surface area contributed by atoms with Gasteiger partial charge in [0, 0.05) is 5.56 Å². The van der Waals surface area contributed by atoms with Crippen LogP contribution in [0.4, 0.5) is 4.39 Å². The topological polar surface area (TPSA) is 35.2 Å². The van der Waals surface area contributed by atoms with Gasteiger partial charge < -0.3 is 10.5 Å². The number of ether oxygens (including phenoxy) is 1. The van der Waals surface area contributed by atoms with Gasteiger partial charge in [-0.2, -0.15) is 0 Å². The van der Waals surface area contributed by atoms with Crippen molar-refractivity contribution in [1.82, 2.24) is 0 Å². The summed E-state index contributed by atoms with van der Waals surface area (Å²) in [7, 11) is 1.61. The lowest BCUT2D eigenvalue weighted by atomic mass is 9.85. The van der Waals surface area contributed by atoms with Crippen molar-refractivity contribution in [3.8, 4) is 5.75 Å². The Labute approximate surface area is 106 Å². The summed E-state index contributed by atoms with van der Waals surface area (Å²) in [4.78, 5) is 0. The summed E-state index contributed by atoms with van der Waals surface area (Å²) in [6.45, 7) is 1.89. The monoisotopic (exact) mass is 245 g/mol. The van der Waals surface area contributed by atoms with Crippen LogP contribution in [0.15, 0.2) is 48.5 Å². The second-order valence-electron chi connectivity index (χ2n) is 4.41. The van der Waals surface area contributed by atoms with Gasteiger partial charge in [-0.1, -0.05) is 30.3 Å². The summed E-state index contributed by atoms with van der Waals surface area (Å²) >= 11 is 0. The maximum atomic E-state index is 13.0. The third-order valence-electron chi connectivity index (χ3n) is 3.11. The molecule has 0 radical (unpaired) electrons. The molecule has 0 saturated carbocycles. The Hall–Kier alpha value is -1.87. The normalized spacial score (nSPS) is 14.0. The Morgan fingerprint density at radius 2 is 1.67 bits per heavy atom. The van der Waals surface area contributed by atoms with Crippen molar-refractivity contribution in [2.24, 2.45) is 5.73 Å². The third kappa shape index (κ3) is 2.22. The molecular formula is C15H16FNO. The molecule has 0 fully saturated rings. The van der Waals surface area contributed by atoms with E-state index in [1.165, 1.54) is 12.1 Å². The highest BCUT2D eigenvalue weighted by atomic mass is 19.1. The summed E-state index contributed by atoms with van der Waals surface area (Å²) in [6.07, 6.45) is 0. The van der Waals surface area contributed by atoms with E-state index in [0.29, 0.717) is 0 Å². The smallest absolute Gasteiger partial charge is 0.124 e. The van der Waals surface area contributed by atoms with Gasteiger partial charge in [-0.05, 0) is 30.7 Å². The number of para-hydroxylation sites is 1. The van der Waals surface area contributed by atoms with Crippen molar-refractivity contribution in [1.29, 1.82) is 0 Å². The summed E-state index contributed by atoms with van der Waals surface area (Å²) in [5.74, 6) is 0.460. The average molecular weight is 245 g/mol. The minimum atomic E-state index is -0.722. The predicted molar refractivity (Wildman–Crippen MR) is 70.0 cm³/mol. The molecule has 0 amide bonds. The van der Waals surface area contributed by atoms with Crippen molar-refractivity contribution < 1.29 is 9.13 Å². The predicted octanol–water partition coefficient (Wildman–Crippen LogP) is 3.06. The number of benzene rings is 2. The number of halogens is 1. The lowest BCUT2D eigenvalue weighted by molar-refractivity contribution is 0.399. The van der Waals surface area contributed by atoms with Gasteiger partial charge in [-0.3, -0.25) is 0 Å². The Morgan fingerprint density at radius 3 is 2.28 bits per heavy atom. The Kier molecular flexibility index (Phi) is 3.34. The quantitative estimate of drug-likeness (QED) is 0.902. The van der Waals surface area contributed by atoms with E-state index >= 15 is 0 Å². The van der Waals surface area contributed by atoms with Crippen molar-refractivity contribution >= 4 is 0 Å². The molecule has 2 nitrogen and oxygen atoms in total. The SMILES string of the molecule is COc1ccccc1C(C)(N)c1ccc(F)cc1. The summed E-state index contributed by atoms with van der Waals surface area (Å²) in [5, 5.41) is 0. The van der Waals surface area contributed by atoms with E-state index in [-0.39, 0.29) is 5.82 Å². The highest BCUT2D eigenvalue weighted by Gasteiger charge is 2.26. The lowest BCUT2D eigenvalue weighted by Crippen LogP contribution is -2.34. The largest absolute Gasteiger partial charge is 0.496 e. The van der Waals surface area contributed by atoms with Crippen LogP contribution < -0.4 is 10.5 Å². The summed E-state index contributed by atoms with van der Waals surface area (Å²) in [6, 6.07) is 13.8. The molecule has 0 spiro atoms. The third-order valence-corrected chi connectivity index (χ3v) is 3.11. The molecule has 0 aliphatic rings. The van der Waals surface area contributed by atoms with E-state index in [9.17, 15) is 4.39 Å². The van der Waals surface area contributed by atoms with Gasteiger partial charge in [0.05, 0.1) is 12.6 Å². The fraction of sp³-hybridized carbons (Fsp3) is 0.200. The van der Waals surface area contributed by atoms with E-state index in [2.05, 4.69) is 0 Å². The van der Waals surface area contributed by atoms with E-state index in [1.807, 2.05) is 31.2 Å². The van der Waals surface area contributed by atoms with E-state index in [1.54, 1.807) is 19.2 Å². The van der Waals surface area contributed by atoms with Crippen LogP contribution in [-0.4, -0.2) is 7.11 Å². The fourth-order valence-corrected chi connectivity index (χ4v) is 2.03. The minimum Gasteiger partial charge on any atom is -0.496 e. The Morgan fingerprint density at radius 1 is 1.06 bits per heavy atom. The number of rotatable bonds is 3. The molecule has 1 atom stereocenters. The van der Waals surface area contributed by atoms with Crippen LogP contribution in [0.25, 0.3) is 0 Å². The maximum absolute atomic E-state index is 13.0. The van der Waals surface area contributed by atoms with E-state index in [4.69, 9.17) is 10.5 Å². The minimum absolute atomic E-state index is 0.269. The molecule has 0 heterocycles. The van der Waals surface area contributed by atoms with Crippen molar-refractivity contribution in [3.05, 3.63) is 65.5 Å². The van der Waals surface area contributed by atoms with Gasteiger partial charge in [0.1, 0.15) is 11.6 Å². The number of nitrogens with two attached hydrogens (primary N) is 1. The highest BCUT2D eigenvalue weighted by Crippen LogP contribution is 2.33. The van der Waals surface area contributed by atoms with Gasteiger partial charge >= 0.3 is 0 Å². The fourth-order valence-electron chi connectivity index (χ4n) is 2.03. The molecule has 0 aliphatic heterocycles. The summed E-state index contributed by atoms with van der Waals surface area (Å²) in [5.41, 5.74) is 7.38. The second kappa shape index (κ2) is 4.78. The molecule has 0 aromatic heterocycles. The number of hydrogen-bond acceptors (Lipinski definition) is 2. The average Bonchev–Trinajstić information content (AvgIpc) is 2.39. The molecule has 1 unspecified atom stereocenters. The molecule has 2 aromatic carbocycles. The van der Waals surface area contributed by atoms with Crippen LogP contribution in [0.1, 0.15) is 18.1 Å². The molecular weight excluding hydrogens is 229 g/mol. The van der Waals surface area contributed by atoms with Crippen LogP contribution in [0.3, 0.4) is 0 Å². The van der Waals surface area contributed by atoms with Gasteiger partial charge in [-0.15, -0.1) is 0 Å². The zero-order chi connectivity index (χ0) is 13.2. The van der Waals surface area contributed by atoms with Crippen molar-refractivity contribution in [2.45, 2.75) is 12.5 Å². The molecule has 2 N–H and O–H groups in total.